The van der Waals surface area contributed by atoms with E-state index < -0.39 is 0 Å². The summed E-state index contributed by atoms with van der Waals surface area (Å²) < 4.78 is 5.08. The maximum atomic E-state index is 5.08. The smallest absolute Gasteiger partial charge is 0.187 e. The molecule has 0 fully saturated rings. The molecular formula is C14H21NO. The molecule has 0 atom stereocenters. The van der Waals surface area contributed by atoms with Gasteiger partial charge in [0.05, 0.1) is 12.8 Å². The predicted octanol–water partition coefficient (Wildman–Crippen LogP) is 4.14. The summed E-state index contributed by atoms with van der Waals surface area (Å²) in [5.74, 6) is 0.707. The van der Waals surface area contributed by atoms with Crippen molar-refractivity contribution in [2.45, 2.75) is 27.2 Å². The lowest BCUT2D eigenvalue weighted by atomic mass is 10.2. The van der Waals surface area contributed by atoms with Crippen LogP contribution in [0, 0.1) is 0 Å². The summed E-state index contributed by atoms with van der Waals surface area (Å²) in [5.41, 5.74) is 1.76. The lowest BCUT2D eigenvalue weighted by Crippen LogP contribution is -1.98. The average Bonchev–Trinajstić information content (AvgIpc) is 2.39. The molecular weight excluding hydrogens is 198 g/mol. The highest BCUT2D eigenvalue weighted by Crippen LogP contribution is 2.13. The molecule has 1 rings (SSSR count). The summed E-state index contributed by atoms with van der Waals surface area (Å²) in [6.45, 7) is 9.89. The van der Waals surface area contributed by atoms with E-state index in [1.165, 1.54) is 0 Å². The zero-order valence-electron chi connectivity index (χ0n) is 10.7. The van der Waals surface area contributed by atoms with Crippen molar-refractivity contribution in [1.29, 1.82) is 0 Å². The highest BCUT2D eigenvalue weighted by molar-refractivity contribution is 5.82. The van der Waals surface area contributed by atoms with Crippen LogP contribution in [-0.4, -0.2) is 13.0 Å². The Hall–Kier alpha value is -1.57. The molecule has 0 aliphatic rings. The number of hydrogen-bond acceptors (Lipinski definition) is 2. The van der Waals surface area contributed by atoms with E-state index in [9.17, 15) is 0 Å². The molecule has 2 nitrogen and oxygen atoms in total. The number of hydrogen-bond donors (Lipinski definition) is 0. The first-order chi connectivity index (χ1) is 7.77. The summed E-state index contributed by atoms with van der Waals surface area (Å²) in [7, 11) is 1.63. The summed E-state index contributed by atoms with van der Waals surface area (Å²) >= 11 is 0. The minimum absolute atomic E-state index is 0.707. The summed E-state index contributed by atoms with van der Waals surface area (Å²) in [4.78, 5) is 4.28. The molecule has 0 heterocycles. The molecule has 0 saturated carbocycles. The first kappa shape index (κ1) is 14.4. The molecule has 0 aliphatic carbocycles. The molecule has 0 aliphatic heterocycles. The lowest BCUT2D eigenvalue weighted by Gasteiger charge is -2.03. The van der Waals surface area contributed by atoms with Crippen LogP contribution in [-0.2, 0) is 4.74 Å². The maximum Gasteiger partial charge on any atom is 0.187 e. The van der Waals surface area contributed by atoms with Gasteiger partial charge in [-0.1, -0.05) is 57.7 Å². The maximum absolute atomic E-state index is 5.08. The quantitative estimate of drug-likeness (QED) is 0.553. The molecule has 0 unspecified atom stereocenters. The van der Waals surface area contributed by atoms with Gasteiger partial charge in [-0.2, -0.15) is 0 Å². The van der Waals surface area contributed by atoms with Crippen molar-refractivity contribution < 1.29 is 4.74 Å². The Bertz CT molecular complexity index is 322. The van der Waals surface area contributed by atoms with Gasteiger partial charge in [-0.15, -0.1) is 0 Å². The zero-order chi connectivity index (χ0) is 12.4. The third kappa shape index (κ3) is 4.78. The molecule has 0 radical (unpaired) electrons. The molecule has 1 aromatic carbocycles. The zero-order valence-corrected chi connectivity index (χ0v) is 10.7. The van der Waals surface area contributed by atoms with Crippen LogP contribution in [0.5, 0.6) is 0 Å². The van der Waals surface area contributed by atoms with E-state index in [1.807, 2.05) is 51.1 Å². The predicted molar refractivity (Wildman–Crippen MR) is 71.6 cm³/mol. The second-order valence-corrected chi connectivity index (χ2v) is 2.88. The van der Waals surface area contributed by atoms with Gasteiger partial charge in [0.2, 0.25) is 0 Å². The van der Waals surface area contributed by atoms with Gasteiger partial charge < -0.3 is 4.74 Å². The van der Waals surface area contributed by atoms with Gasteiger partial charge >= 0.3 is 0 Å². The number of nitrogens with zero attached hydrogens (tertiary/aromatic N) is 1. The van der Waals surface area contributed by atoms with E-state index in [-0.39, 0.29) is 0 Å². The van der Waals surface area contributed by atoms with Crippen molar-refractivity contribution in [2.75, 3.05) is 7.11 Å². The largest absolute Gasteiger partial charge is 0.484 e. The fraction of sp³-hybridized carbons (Fsp3) is 0.357. The van der Waals surface area contributed by atoms with Gasteiger partial charge in [0, 0.05) is 6.42 Å². The normalized spacial score (nSPS) is 10.1. The average molecular weight is 219 g/mol. The first-order valence-corrected chi connectivity index (χ1v) is 5.63. The number of methoxy groups -OCH3 is 1. The Morgan fingerprint density at radius 2 is 1.81 bits per heavy atom. The molecule has 0 saturated heterocycles. The van der Waals surface area contributed by atoms with E-state index in [0.29, 0.717) is 5.90 Å². The molecule has 0 bridgehead atoms. The fourth-order valence-corrected chi connectivity index (χ4v) is 1.11. The van der Waals surface area contributed by atoms with Crippen LogP contribution in [0.4, 0.5) is 0 Å². The molecule has 16 heavy (non-hydrogen) atoms. The van der Waals surface area contributed by atoms with E-state index in [1.54, 1.807) is 7.11 Å². The second kappa shape index (κ2) is 8.72. The van der Waals surface area contributed by atoms with Gasteiger partial charge in [0.25, 0.3) is 0 Å². The third-order valence-corrected chi connectivity index (χ3v) is 1.90. The van der Waals surface area contributed by atoms with E-state index in [4.69, 9.17) is 4.74 Å². The molecule has 0 N–H and O–H groups in total. The van der Waals surface area contributed by atoms with Gasteiger partial charge in [-0.3, -0.25) is 0 Å². The number of rotatable bonds is 3. The van der Waals surface area contributed by atoms with Crippen LogP contribution in [0.15, 0.2) is 41.9 Å². The third-order valence-electron chi connectivity index (χ3n) is 1.90. The van der Waals surface area contributed by atoms with Crippen molar-refractivity contribution >= 4 is 11.6 Å². The number of aliphatic imine (C=N–C) groups is 1. The van der Waals surface area contributed by atoms with Crippen LogP contribution >= 0.6 is 0 Å². The van der Waals surface area contributed by atoms with E-state index in [0.717, 1.165) is 17.7 Å². The van der Waals surface area contributed by atoms with Crippen molar-refractivity contribution in [3.63, 3.8) is 0 Å². The minimum Gasteiger partial charge on any atom is -0.484 e. The van der Waals surface area contributed by atoms with Gasteiger partial charge in [-0.25, -0.2) is 4.99 Å². The molecule has 2 heteroatoms. The van der Waals surface area contributed by atoms with Crippen LogP contribution in [0.3, 0.4) is 0 Å². The Morgan fingerprint density at radius 1 is 1.25 bits per heavy atom. The summed E-state index contributed by atoms with van der Waals surface area (Å²) in [6.07, 6.45) is 0.780. The van der Waals surface area contributed by atoms with Crippen LogP contribution in [0.1, 0.15) is 32.8 Å². The van der Waals surface area contributed by atoms with Crippen molar-refractivity contribution in [2.24, 2.45) is 4.99 Å². The van der Waals surface area contributed by atoms with E-state index in [2.05, 4.69) is 11.6 Å². The molecule has 0 aromatic heterocycles. The summed E-state index contributed by atoms with van der Waals surface area (Å²) in [5, 5.41) is 0. The lowest BCUT2D eigenvalue weighted by molar-refractivity contribution is 0.393. The van der Waals surface area contributed by atoms with Gasteiger partial charge in [0.1, 0.15) is 0 Å². The first-order valence-electron chi connectivity index (χ1n) is 5.63. The van der Waals surface area contributed by atoms with Crippen LogP contribution in [0.25, 0.3) is 5.70 Å². The SMILES string of the molecule is C=C(N=C(CC)OC)c1ccccc1.CC. The molecule has 1 aromatic rings. The van der Waals surface area contributed by atoms with Crippen LogP contribution in [0.2, 0.25) is 0 Å². The summed E-state index contributed by atoms with van der Waals surface area (Å²) in [6, 6.07) is 9.87. The number of benzene rings is 1. The van der Waals surface area contributed by atoms with Crippen molar-refractivity contribution in [1.82, 2.24) is 0 Å². The molecule has 88 valence electrons. The van der Waals surface area contributed by atoms with Crippen molar-refractivity contribution in [3.8, 4) is 0 Å². The van der Waals surface area contributed by atoms with E-state index >= 15 is 0 Å². The highest BCUT2D eigenvalue weighted by atomic mass is 16.5. The monoisotopic (exact) mass is 219 g/mol. The standard InChI is InChI=1S/C12H15NO.C2H6/c1-4-12(14-3)13-10(2)11-8-6-5-7-9-11;1-2/h5-9H,2,4H2,1,3H3;1-2H3. The van der Waals surface area contributed by atoms with Gasteiger partial charge in [-0.05, 0) is 5.56 Å². The Labute approximate surface area is 98.7 Å². The van der Waals surface area contributed by atoms with Crippen LogP contribution < -0.4 is 0 Å². The topological polar surface area (TPSA) is 21.6 Å². The molecule has 0 spiro atoms. The molecule has 0 amide bonds. The minimum atomic E-state index is 0.707. The Balaban J connectivity index is 0.00000106. The highest BCUT2D eigenvalue weighted by Gasteiger charge is 1.98. The van der Waals surface area contributed by atoms with Crippen molar-refractivity contribution in [3.05, 3.63) is 42.5 Å². The Morgan fingerprint density at radius 3 is 2.25 bits per heavy atom. The fourth-order valence-electron chi connectivity index (χ4n) is 1.11. The Kier molecular flexibility index (Phi) is 7.86. The van der Waals surface area contributed by atoms with Gasteiger partial charge in [0.15, 0.2) is 5.90 Å². The second-order valence-electron chi connectivity index (χ2n) is 2.88. The number of ether oxygens (including phenoxy) is 1.